The molecule has 2 aromatic rings. The van der Waals surface area contributed by atoms with Crippen molar-refractivity contribution in [3.63, 3.8) is 0 Å². The number of fused-ring (bicyclic) bond motifs is 1. The molecule has 3 heterocycles. The summed E-state index contributed by atoms with van der Waals surface area (Å²) in [6.45, 7) is 5.54. The molecule has 26 heavy (non-hydrogen) atoms. The molecule has 0 aromatic carbocycles. The molecule has 1 amide bonds. The van der Waals surface area contributed by atoms with Gasteiger partial charge in [-0.15, -0.1) is 11.3 Å². The highest BCUT2D eigenvalue weighted by Crippen LogP contribution is 2.15. The monoisotopic (exact) mass is 379 g/mol. The molecule has 0 radical (unpaired) electrons. The van der Waals surface area contributed by atoms with E-state index in [9.17, 15) is 14.4 Å². The Morgan fingerprint density at radius 2 is 2.19 bits per heavy atom. The van der Waals surface area contributed by atoms with Gasteiger partial charge in [0, 0.05) is 19.7 Å². The zero-order valence-electron chi connectivity index (χ0n) is 15.2. The van der Waals surface area contributed by atoms with Crippen LogP contribution in [0.25, 0.3) is 10.2 Å². The number of hydrogen-bond donors (Lipinski definition) is 1. The van der Waals surface area contributed by atoms with E-state index in [1.54, 1.807) is 11.4 Å². The maximum absolute atomic E-state index is 12.8. The summed E-state index contributed by atoms with van der Waals surface area (Å²) >= 11 is 1.30. The third-order valence-corrected chi connectivity index (χ3v) is 5.51. The number of ether oxygens (including phenoxy) is 1. The molecule has 1 aliphatic heterocycles. The molecule has 1 saturated heterocycles. The van der Waals surface area contributed by atoms with Gasteiger partial charge in [-0.2, -0.15) is 0 Å². The van der Waals surface area contributed by atoms with Crippen LogP contribution in [-0.2, 0) is 22.6 Å². The molecule has 1 atom stereocenters. The molecule has 0 aliphatic carbocycles. The number of aromatic nitrogens is 2. The number of rotatable bonds is 7. The van der Waals surface area contributed by atoms with Gasteiger partial charge in [0.25, 0.3) is 5.56 Å². The van der Waals surface area contributed by atoms with Crippen molar-refractivity contribution in [3.8, 4) is 0 Å². The summed E-state index contributed by atoms with van der Waals surface area (Å²) in [5.41, 5.74) is -0.163. The summed E-state index contributed by atoms with van der Waals surface area (Å²) in [4.78, 5) is 37.8. The zero-order chi connectivity index (χ0) is 18.7. The molecule has 0 spiro atoms. The molecule has 8 heteroatoms. The van der Waals surface area contributed by atoms with Crippen LogP contribution in [0.4, 0.5) is 0 Å². The summed E-state index contributed by atoms with van der Waals surface area (Å²) in [5, 5.41) is 4.61. The Labute approximate surface area is 155 Å². The molecule has 7 nitrogen and oxygen atoms in total. The van der Waals surface area contributed by atoms with E-state index < -0.39 is 5.69 Å². The topological polar surface area (TPSA) is 82.3 Å². The largest absolute Gasteiger partial charge is 0.376 e. The normalized spacial score (nSPS) is 17.3. The number of hydrogen-bond acceptors (Lipinski definition) is 5. The number of amides is 1. The fourth-order valence-corrected chi connectivity index (χ4v) is 3.95. The standard InChI is InChI=1S/C18H25N3O4S/c1-12(2)5-7-20-17(23)16-14(6-9-26-16)21(18(20)24)11-15(22)19-10-13-4-3-8-25-13/h6,9,12-13H,3-5,7-8,10-11H2,1-2H3,(H,19,22)/t13-/m0/s1. The second-order valence-corrected chi connectivity index (χ2v) is 8.00. The average molecular weight is 379 g/mol. The highest BCUT2D eigenvalue weighted by atomic mass is 32.1. The van der Waals surface area contributed by atoms with Crippen LogP contribution < -0.4 is 16.6 Å². The van der Waals surface area contributed by atoms with Crippen molar-refractivity contribution in [2.75, 3.05) is 13.2 Å². The molecule has 142 valence electrons. The molecule has 1 aliphatic rings. The van der Waals surface area contributed by atoms with Crippen LogP contribution in [-0.4, -0.2) is 34.3 Å². The maximum Gasteiger partial charge on any atom is 0.332 e. The second-order valence-electron chi connectivity index (χ2n) is 7.08. The minimum absolute atomic E-state index is 0.0526. The van der Waals surface area contributed by atoms with E-state index in [-0.39, 0.29) is 24.1 Å². The van der Waals surface area contributed by atoms with Gasteiger partial charge < -0.3 is 10.1 Å². The van der Waals surface area contributed by atoms with Gasteiger partial charge in [0.1, 0.15) is 11.2 Å². The third kappa shape index (κ3) is 4.07. The van der Waals surface area contributed by atoms with Crippen LogP contribution in [0.1, 0.15) is 33.1 Å². The lowest BCUT2D eigenvalue weighted by Gasteiger charge is -2.14. The molecule has 2 aromatic heterocycles. The molecular weight excluding hydrogens is 354 g/mol. The van der Waals surface area contributed by atoms with Gasteiger partial charge >= 0.3 is 5.69 Å². The van der Waals surface area contributed by atoms with Gasteiger partial charge in [-0.1, -0.05) is 13.8 Å². The fourth-order valence-electron chi connectivity index (χ4n) is 3.10. The fraction of sp³-hybridized carbons (Fsp3) is 0.611. The van der Waals surface area contributed by atoms with Gasteiger partial charge in [0.2, 0.25) is 5.91 Å². The Morgan fingerprint density at radius 3 is 2.88 bits per heavy atom. The molecule has 0 bridgehead atoms. The SMILES string of the molecule is CC(C)CCn1c(=O)c2sccc2n(CC(=O)NC[C@@H]2CCCO2)c1=O. The summed E-state index contributed by atoms with van der Waals surface area (Å²) in [6, 6.07) is 1.73. The van der Waals surface area contributed by atoms with Crippen molar-refractivity contribution in [3.05, 3.63) is 32.3 Å². The number of nitrogens with one attached hydrogen (secondary N) is 1. The van der Waals surface area contributed by atoms with Crippen molar-refractivity contribution in [1.29, 1.82) is 0 Å². The quantitative estimate of drug-likeness (QED) is 0.792. The van der Waals surface area contributed by atoms with Crippen molar-refractivity contribution in [2.24, 2.45) is 5.92 Å². The van der Waals surface area contributed by atoms with Gasteiger partial charge in [-0.25, -0.2) is 4.79 Å². The molecule has 1 N–H and O–H groups in total. The predicted molar refractivity (Wildman–Crippen MR) is 102 cm³/mol. The lowest BCUT2D eigenvalue weighted by Crippen LogP contribution is -2.43. The lowest BCUT2D eigenvalue weighted by atomic mass is 10.1. The Kier molecular flexibility index (Phi) is 5.93. The number of carbonyl (C=O) groups is 1. The van der Waals surface area contributed by atoms with Gasteiger partial charge in [0.05, 0.1) is 11.6 Å². The van der Waals surface area contributed by atoms with Crippen LogP contribution in [0.2, 0.25) is 0 Å². The molecule has 3 rings (SSSR count). The Bertz CT molecular complexity index is 890. The molecular formula is C18H25N3O4S. The highest BCUT2D eigenvalue weighted by molar-refractivity contribution is 7.17. The van der Waals surface area contributed by atoms with Crippen LogP contribution in [0, 0.1) is 5.92 Å². The van der Waals surface area contributed by atoms with Crippen molar-refractivity contribution < 1.29 is 9.53 Å². The Hall–Kier alpha value is -1.93. The predicted octanol–water partition coefficient (Wildman–Crippen LogP) is 1.57. The van der Waals surface area contributed by atoms with Crippen molar-refractivity contribution in [2.45, 2.75) is 52.3 Å². The molecule has 0 unspecified atom stereocenters. The first kappa shape index (κ1) is 18.8. The Balaban J connectivity index is 1.84. The highest BCUT2D eigenvalue weighted by Gasteiger charge is 2.19. The van der Waals surface area contributed by atoms with Gasteiger partial charge in [-0.05, 0) is 36.6 Å². The van der Waals surface area contributed by atoms with Crippen LogP contribution in [0.5, 0.6) is 0 Å². The second kappa shape index (κ2) is 8.18. The minimum Gasteiger partial charge on any atom is -0.376 e. The van der Waals surface area contributed by atoms with Gasteiger partial charge in [0.15, 0.2) is 0 Å². The average Bonchev–Trinajstić information content (AvgIpc) is 3.28. The van der Waals surface area contributed by atoms with Crippen molar-refractivity contribution >= 4 is 27.5 Å². The molecule has 0 saturated carbocycles. The van der Waals surface area contributed by atoms with E-state index in [2.05, 4.69) is 5.32 Å². The van der Waals surface area contributed by atoms with E-state index in [1.165, 1.54) is 20.5 Å². The first-order chi connectivity index (χ1) is 12.5. The Morgan fingerprint density at radius 1 is 1.38 bits per heavy atom. The zero-order valence-corrected chi connectivity index (χ0v) is 16.0. The van der Waals surface area contributed by atoms with E-state index >= 15 is 0 Å². The summed E-state index contributed by atoms with van der Waals surface area (Å²) in [7, 11) is 0. The van der Waals surface area contributed by atoms with E-state index in [0.29, 0.717) is 29.2 Å². The number of thiophene rings is 1. The first-order valence-corrected chi connectivity index (χ1v) is 9.94. The van der Waals surface area contributed by atoms with Crippen molar-refractivity contribution in [1.82, 2.24) is 14.5 Å². The number of carbonyl (C=O) groups excluding carboxylic acids is 1. The van der Waals surface area contributed by atoms with Crippen LogP contribution >= 0.6 is 11.3 Å². The van der Waals surface area contributed by atoms with Gasteiger partial charge in [-0.3, -0.25) is 18.7 Å². The third-order valence-electron chi connectivity index (χ3n) is 4.62. The molecule has 1 fully saturated rings. The minimum atomic E-state index is -0.422. The maximum atomic E-state index is 12.8. The van der Waals surface area contributed by atoms with E-state index in [4.69, 9.17) is 4.74 Å². The summed E-state index contributed by atoms with van der Waals surface area (Å²) in [6.07, 6.45) is 2.74. The van der Waals surface area contributed by atoms with E-state index in [0.717, 1.165) is 25.9 Å². The van der Waals surface area contributed by atoms with E-state index in [1.807, 2.05) is 13.8 Å². The number of nitrogens with zero attached hydrogens (tertiary/aromatic N) is 2. The first-order valence-electron chi connectivity index (χ1n) is 9.06. The smallest absolute Gasteiger partial charge is 0.332 e. The lowest BCUT2D eigenvalue weighted by molar-refractivity contribution is -0.122. The summed E-state index contributed by atoms with van der Waals surface area (Å²) in [5.74, 6) is 0.132. The van der Waals surface area contributed by atoms with Crippen LogP contribution in [0.15, 0.2) is 21.0 Å². The van der Waals surface area contributed by atoms with Crippen LogP contribution in [0.3, 0.4) is 0 Å². The summed E-state index contributed by atoms with van der Waals surface area (Å²) < 4.78 is 8.67.